The van der Waals surface area contributed by atoms with Crippen LogP contribution < -0.4 is 5.32 Å². The number of carbonyl (C=O) groups is 1. The monoisotopic (exact) mass is 531 g/mol. The van der Waals surface area contributed by atoms with E-state index < -0.39 is 0 Å². The number of amides is 1. The number of pyridine rings is 2. The van der Waals surface area contributed by atoms with Crippen LogP contribution in [-0.4, -0.2) is 58.1 Å². The number of imidazole rings is 2. The number of carbonyl (C=O) groups excluding carboxylic acids is 1. The van der Waals surface area contributed by atoms with Crippen molar-refractivity contribution in [3.05, 3.63) is 95.7 Å². The number of hydrogen-bond acceptors (Lipinski definition) is 6. The zero-order chi connectivity index (χ0) is 27.4. The van der Waals surface area contributed by atoms with E-state index in [2.05, 4.69) is 36.8 Å². The fraction of sp³-hybridized carbons (Fsp3) is 0.233. The molecule has 0 saturated carbocycles. The predicted octanol–water partition coefficient (Wildman–Crippen LogP) is 4.31. The van der Waals surface area contributed by atoms with Crippen molar-refractivity contribution in [3.8, 4) is 11.3 Å². The number of anilines is 1. The van der Waals surface area contributed by atoms with Gasteiger partial charge in [0.1, 0.15) is 17.2 Å². The number of likely N-dealkylation sites (N-methyl/N-ethyl adjacent to an activating group) is 1. The molecule has 0 unspecified atom stereocenters. The maximum absolute atomic E-state index is 13.5. The summed E-state index contributed by atoms with van der Waals surface area (Å²) in [5.74, 6) is 0.833. The minimum Gasteiger partial charge on any atom is -0.326 e. The second-order valence-electron chi connectivity index (χ2n) is 10.4. The van der Waals surface area contributed by atoms with E-state index in [9.17, 15) is 4.79 Å². The number of fused-ring (bicyclic) bond motifs is 3. The molecule has 1 amide bonds. The van der Waals surface area contributed by atoms with E-state index in [4.69, 9.17) is 5.10 Å². The van der Waals surface area contributed by atoms with Gasteiger partial charge in [0.25, 0.3) is 5.91 Å². The molecule has 10 nitrogen and oxygen atoms in total. The molecule has 0 spiro atoms. The number of nitrogens with zero attached hydrogens (tertiary/aromatic N) is 8. The summed E-state index contributed by atoms with van der Waals surface area (Å²) >= 11 is 0. The van der Waals surface area contributed by atoms with Crippen LogP contribution >= 0.6 is 0 Å². The molecule has 0 fully saturated rings. The first kappa shape index (κ1) is 24.2. The van der Waals surface area contributed by atoms with Crippen LogP contribution in [0, 0.1) is 13.8 Å². The van der Waals surface area contributed by atoms with E-state index in [0.29, 0.717) is 23.6 Å². The minimum absolute atomic E-state index is 0.231. The van der Waals surface area contributed by atoms with Gasteiger partial charge in [-0.05, 0) is 57.3 Å². The van der Waals surface area contributed by atoms with Crippen molar-refractivity contribution < 1.29 is 4.79 Å². The highest BCUT2D eigenvalue weighted by atomic mass is 16.2. The summed E-state index contributed by atoms with van der Waals surface area (Å²) in [5.41, 5.74) is 7.68. The van der Waals surface area contributed by atoms with E-state index in [1.54, 1.807) is 6.20 Å². The Hall–Kier alpha value is -4.83. The molecular formula is C30H29N9O. The summed E-state index contributed by atoms with van der Waals surface area (Å²) in [5, 5.41) is 8.78. The van der Waals surface area contributed by atoms with Crippen molar-refractivity contribution in [2.24, 2.45) is 0 Å². The van der Waals surface area contributed by atoms with Gasteiger partial charge in [-0.15, -0.1) is 0 Å². The van der Waals surface area contributed by atoms with Crippen LogP contribution in [0.3, 0.4) is 0 Å². The Morgan fingerprint density at radius 2 is 1.90 bits per heavy atom. The molecule has 1 aromatic carbocycles. The zero-order valence-corrected chi connectivity index (χ0v) is 22.7. The Kier molecular flexibility index (Phi) is 5.71. The quantitative estimate of drug-likeness (QED) is 0.356. The van der Waals surface area contributed by atoms with Crippen LogP contribution in [0.25, 0.3) is 27.8 Å². The van der Waals surface area contributed by atoms with Gasteiger partial charge in [0.05, 0.1) is 53.8 Å². The Labute approximate surface area is 230 Å². The van der Waals surface area contributed by atoms with Gasteiger partial charge in [-0.1, -0.05) is 12.1 Å². The molecule has 0 aliphatic carbocycles. The Balaban J connectivity index is 1.17. The van der Waals surface area contributed by atoms with Crippen molar-refractivity contribution >= 4 is 28.1 Å². The second kappa shape index (κ2) is 9.42. The highest BCUT2D eigenvalue weighted by Crippen LogP contribution is 2.29. The maximum atomic E-state index is 13.5. The number of nitrogens with one attached hydrogen (secondary N) is 1. The molecule has 0 saturated heterocycles. The van der Waals surface area contributed by atoms with Gasteiger partial charge in [-0.2, -0.15) is 5.10 Å². The van der Waals surface area contributed by atoms with E-state index in [0.717, 1.165) is 64.7 Å². The molecule has 6 aromatic rings. The lowest BCUT2D eigenvalue weighted by atomic mass is 10.1. The van der Waals surface area contributed by atoms with Crippen molar-refractivity contribution in [2.45, 2.75) is 33.5 Å². The summed E-state index contributed by atoms with van der Waals surface area (Å²) in [4.78, 5) is 29.6. The third kappa shape index (κ3) is 4.13. The summed E-state index contributed by atoms with van der Waals surface area (Å²) in [6.07, 6.45) is 5.45. The number of hydrogen-bond donors (Lipinski definition) is 1. The third-order valence-corrected chi connectivity index (χ3v) is 7.56. The molecule has 40 heavy (non-hydrogen) atoms. The summed E-state index contributed by atoms with van der Waals surface area (Å²) < 4.78 is 6.02. The lowest BCUT2D eigenvalue weighted by molar-refractivity contribution is 0.102. The van der Waals surface area contributed by atoms with Gasteiger partial charge >= 0.3 is 0 Å². The van der Waals surface area contributed by atoms with Crippen molar-refractivity contribution in [1.29, 1.82) is 0 Å². The Bertz CT molecular complexity index is 1910. The molecule has 1 N–H and O–H groups in total. The van der Waals surface area contributed by atoms with Gasteiger partial charge in [-0.3, -0.25) is 23.8 Å². The maximum Gasteiger partial charge on any atom is 0.274 e. The average Bonchev–Trinajstić information content (AvgIpc) is 3.64. The molecular weight excluding hydrogens is 502 g/mol. The van der Waals surface area contributed by atoms with Crippen LogP contribution in [0.4, 0.5) is 5.69 Å². The SMILES string of the molecule is Cc1cccc(Cn2nc(C)c3c(NC(=O)c4cnc5cc(-c6cnc7n6CCN(C)C7)ccn45)cccc32)n1. The van der Waals surface area contributed by atoms with Crippen molar-refractivity contribution in [3.63, 3.8) is 0 Å². The predicted molar refractivity (Wildman–Crippen MR) is 153 cm³/mol. The highest BCUT2D eigenvalue weighted by molar-refractivity contribution is 6.08. The highest BCUT2D eigenvalue weighted by Gasteiger charge is 2.20. The van der Waals surface area contributed by atoms with E-state index >= 15 is 0 Å². The normalized spacial score (nSPS) is 13.7. The molecule has 0 bridgehead atoms. The zero-order valence-electron chi connectivity index (χ0n) is 22.7. The van der Waals surface area contributed by atoms with Gasteiger partial charge in [0.15, 0.2) is 0 Å². The minimum atomic E-state index is -0.231. The molecule has 0 atom stereocenters. The lowest BCUT2D eigenvalue weighted by Crippen LogP contribution is -2.30. The molecule has 10 heteroatoms. The largest absolute Gasteiger partial charge is 0.326 e. The second-order valence-corrected chi connectivity index (χ2v) is 10.4. The van der Waals surface area contributed by atoms with Crippen LogP contribution in [0.15, 0.2) is 67.1 Å². The number of aromatic nitrogens is 7. The number of benzene rings is 1. The topological polar surface area (TPSA) is 98.2 Å². The third-order valence-electron chi connectivity index (χ3n) is 7.56. The molecule has 200 valence electrons. The van der Waals surface area contributed by atoms with Gasteiger partial charge in [-0.25, -0.2) is 9.97 Å². The van der Waals surface area contributed by atoms with Crippen LogP contribution in [0.5, 0.6) is 0 Å². The molecule has 1 aliphatic rings. The molecule has 6 heterocycles. The molecule has 1 aliphatic heterocycles. The van der Waals surface area contributed by atoms with Crippen LogP contribution in [0.1, 0.15) is 33.4 Å². The fourth-order valence-electron chi connectivity index (χ4n) is 5.59. The Morgan fingerprint density at radius 3 is 2.77 bits per heavy atom. The summed E-state index contributed by atoms with van der Waals surface area (Å²) in [6, 6.07) is 15.9. The smallest absolute Gasteiger partial charge is 0.274 e. The molecule has 0 radical (unpaired) electrons. The van der Waals surface area contributed by atoms with Gasteiger partial charge in [0, 0.05) is 35.9 Å². The molecule has 5 aromatic heterocycles. The van der Waals surface area contributed by atoms with Crippen molar-refractivity contribution in [2.75, 3.05) is 18.9 Å². The van der Waals surface area contributed by atoms with Crippen molar-refractivity contribution in [1.82, 2.24) is 38.6 Å². The van der Waals surface area contributed by atoms with E-state index in [1.165, 1.54) is 0 Å². The first-order valence-electron chi connectivity index (χ1n) is 13.3. The van der Waals surface area contributed by atoms with E-state index in [1.807, 2.05) is 83.9 Å². The summed E-state index contributed by atoms with van der Waals surface area (Å²) in [7, 11) is 2.11. The number of aryl methyl sites for hydroxylation is 2. The Morgan fingerprint density at radius 1 is 1.02 bits per heavy atom. The summed E-state index contributed by atoms with van der Waals surface area (Å²) in [6.45, 7) is 7.22. The van der Waals surface area contributed by atoms with Gasteiger partial charge < -0.3 is 9.88 Å². The lowest BCUT2D eigenvalue weighted by Gasteiger charge is -2.24. The first-order valence-corrected chi connectivity index (χ1v) is 13.3. The first-order chi connectivity index (χ1) is 19.4. The van der Waals surface area contributed by atoms with Gasteiger partial charge in [0.2, 0.25) is 0 Å². The van der Waals surface area contributed by atoms with E-state index in [-0.39, 0.29) is 5.91 Å². The molecule has 7 rings (SSSR count). The average molecular weight is 532 g/mol. The fourth-order valence-corrected chi connectivity index (χ4v) is 5.59. The number of rotatable bonds is 5. The van der Waals surface area contributed by atoms with Crippen LogP contribution in [-0.2, 0) is 19.6 Å². The standard InChI is InChI=1S/C30H29N9O/c1-19-6-4-7-22(33-19)17-39-24-9-5-8-23(29(24)20(2)35-39)34-30(40)26-16-31-27-14-21(10-11-37(26)27)25-15-32-28-18-36(3)12-13-38(25)28/h4-11,14-16H,12-13,17-18H2,1-3H3,(H,34,40). The van der Waals surface area contributed by atoms with Crippen LogP contribution in [0.2, 0.25) is 0 Å².